The van der Waals surface area contributed by atoms with Gasteiger partial charge in [-0.2, -0.15) is 0 Å². The number of ether oxygens (including phenoxy) is 2. The number of amides is 3. The summed E-state index contributed by atoms with van der Waals surface area (Å²) in [6.07, 6.45) is -0.175. The molecule has 1 heterocycles. The minimum absolute atomic E-state index is 0.200. The number of urea groups is 1. The number of benzene rings is 3. The highest BCUT2D eigenvalue weighted by atomic mass is 16.5. The molecule has 3 aromatic carbocycles. The summed E-state index contributed by atoms with van der Waals surface area (Å²) in [4.78, 5) is 40.4. The van der Waals surface area contributed by atoms with Crippen LogP contribution < -0.4 is 15.4 Å². The second-order valence-corrected chi connectivity index (χ2v) is 8.50. The number of hydrogen-bond acceptors (Lipinski definition) is 5. The molecule has 3 aromatic rings. The number of carbonyl (C=O) groups is 3. The van der Waals surface area contributed by atoms with Crippen LogP contribution in [0.25, 0.3) is 0 Å². The lowest BCUT2D eigenvalue weighted by Crippen LogP contribution is -2.43. The van der Waals surface area contributed by atoms with Gasteiger partial charge in [-0.05, 0) is 49.2 Å². The number of carbonyl (C=O) groups excluding carboxylic acids is 3. The van der Waals surface area contributed by atoms with E-state index in [2.05, 4.69) is 10.6 Å². The lowest BCUT2D eigenvalue weighted by atomic mass is 9.97. The largest absolute Gasteiger partial charge is 0.497 e. The van der Waals surface area contributed by atoms with Crippen molar-refractivity contribution in [1.82, 2.24) is 4.90 Å². The van der Waals surface area contributed by atoms with Crippen molar-refractivity contribution in [2.24, 2.45) is 5.92 Å². The second kappa shape index (κ2) is 11.9. The van der Waals surface area contributed by atoms with E-state index >= 15 is 0 Å². The molecular weight excluding hydrogens is 458 g/mol. The summed E-state index contributed by atoms with van der Waals surface area (Å²) in [6, 6.07) is 24.9. The Morgan fingerprint density at radius 1 is 0.806 bits per heavy atom. The molecule has 186 valence electrons. The number of likely N-dealkylation sites (tertiary alicyclic amines) is 1. The number of anilines is 2. The van der Waals surface area contributed by atoms with E-state index in [1.807, 2.05) is 36.4 Å². The zero-order valence-corrected chi connectivity index (χ0v) is 20.1. The van der Waals surface area contributed by atoms with E-state index in [9.17, 15) is 14.4 Å². The van der Waals surface area contributed by atoms with Crippen LogP contribution in [0.3, 0.4) is 0 Å². The number of rotatable bonds is 7. The maximum absolute atomic E-state index is 13.1. The van der Waals surface area contributed by atoms with E-state index in [0.717, 1.165) is 5.69 Å². The van der Waals surface area contributed by atoms with Gasteiger partial charge < -0.3 is 25.0 Å². The molecule has 3 amide bonds. The minimum Gasteiger partial charge on any atom is -0.497 e. The summed E-state index contributed by atoms with van der Waals surface area (Å²) < 4.78 is 10.9. The molecule has 1 saturated heterocycles. The van der Waals surface area contributed by atoms with Crippen LogP contribution in [0.5, 0.6) is 5.75 Å². The van der Waals surface area contributed by atoms with Crippen LogP contribution in [-0.2, 0) is 14.3 Å². The van der Waals surface area contributed by atoms with Crippen LogP contribution >= 0.6 is 0 Å². The lowest BCUT2D eigenvalue weighted by molar-refractivity contribution is -0.160. The van der Waals surface area contributed by atoms with E-state index in [1.54, 1.807) is 60.5 Å². The van der Waals surface area contributed by atoms with Crippen molar-refractivity contribution in [2.75, 3.05) is 30.8 Å². The van der Waals surface area contributed by atoms with Gasteiger partial charge in [0.2, 0.25) is 6.10 Å². The molecule has 1 aliphatic heterocycles. The number of methoxy groups -OCH3 is 1. The third-order valence-corrected chi connectivity index (χ3v) is 6.07. The van der Waals surface area contributed by atoms with Gasteiger partial charge in [0.1, 0.15) is 5.75 Å². The number of nitrogens with one attached hydrogen (secondary N) is 2. The monoisotopic (exact) mass is 487 g/mol. The minimum atomic E-state index is -1.10. The third-order valence-electron chi connectivity index (χ3n) is 6.07. The highest BCUT2D eigenvalue weighted by molar-refractivity contribution is 5.96. The molecule has 8 heteroatoms. The molecule has 0 bridgehead atoms. The molecule has 1 atom stereocenters. The van der Waals surface area contributed by atoms with E-state index in [1.165, 1.54) is 0 Å². The van der Waals surface area contributed by atoms with E-state index in [4.69, 9.17) is 9.47 Å². The van der Waals surface area contributed by atoms with Gasteiger partial charge >= 0.3 is 12.0 Å². The van der Waals surface area contributed by atoms with Crippen molar-refractivity contribution in [1.29, 1.82) is 0 Å². The fourth-order valence-electron chi connectivity index (χ4n) is 4.04. The van der Waals surface area contributed by atoms with Crippen LogP contribution in [0.1, 0.15) is 24.5 Å². The highest BCUT2D eigenvalue weighted by Crippen LogP contribution is 2.26. The number of hydrogen-bond donors (Lipinski definition) is 2. The van der Waals surface area contributed by atoms with Gasteiger partial charge in [0.25, 0.3) is 5.91 Å². The average molecular weight is 488 g/mol. The first-order chi connectivity index (χ1) is 17.5. The van der Waals surface area contributed by atoms with Crippen LogP contribution in [-0.4, -0.2) is 43.0 Å². The molecule has 4 rings (SSSR count). The molecule has 1 fully saturated rings. The summed E-state index contributed by atoms with van der Waals surface area (Å²) >= 11 is 0. The van der Waals surface area contributed by atoms with Crippen LogP contribution in [0.4, 0.5) is 16.2 Å². The van der Waals surface area contributed by atoms with Gasteiger partial charge in [-0.3, -0.25) is 9.59 Å². The Kier molecular flexibility index (Phi) is 8.18. The molecular formula is C28H29N3O5. The van der Waals surface area contributed by atoms with Gasteiger partial charge in [0.05, 0.1) is 13.0 Å². The van der Waals surface area contributed by atoms with Crippen molar-refractivity contribution >= 4 is 29.3 Å². The maximum atomic E-state index is 13.1. The highest BCUT2D eigenvalue weighted by Gasteiger charge is 2.32. The van der Waals surface area contributed by atoms with Crippen LogP contribution in [0.2, 0.25) is 0 Å². The maximum Gasteiger partial charge on any atom is 0.321 e. The molecule has 2 N–H and O–H groups in total. The number of para-hydroxylation sites is 1. The second-order valence-electron chi connectivity index (χ2n) is 8.50. The molecule has 0 spiro atoms. The first-order valence-corrected chi connectivity index (χ1v) is 11.8. The molecule has 8 nitrogen and oxygen atoms in total. The van der Waals surface area contributed by atoms with Crippen LogP contribution in [0, 0.1) is 5.92 Å². The Balaban J connectivity index is 1.37. The fraction of sp³-hybridized carbons (Fsp3) is 0.250. The molecule has 36 heavy (non-hydrogen) atoms. The summed E-state index contributed by atoms with van der Waals surface area (Å²) in [5, 5.41) is 5.68. The van der Waals surface area contributed by atoms with Gasteiger partial charge in [-0.1, -0.05) is 48.5 Å². The molecule has 0 aromatic heterocycles. The average Bonchev–Trinajstić information content (AvgIpc) is 2.93. The van der Waals surface area contributed by atoms with Gasteiger partial charge in [0, 0.05) is 30.0 Å². The number of piperidine rings is 1. The molecule has 1 aliphatic rings. The van der Waals surface area contributed by atoms with Crippen LogP contribution in [0.15, 0.2) is 84.9 Å². The van der Waals surface area contributed by atoms with E-state index in [-0.39, 0.29) is 6.03 Å². The standard InChI is InChI=1S/C28H29N3O5/c1-35-24-14-12-23(13-15-24)29-26(32)25(20-8-4-2-5-9-20)36-27(33)21-16-18-31(19-17-21)28(34)30-22-10-6-3-7-11-22/h2-15,21,25H,16-19H2,1H3,(H,29,32)(H,30,34)/t25-/m0/s1. The van der Waals surface area contributed by atoms with Crippen molar-refractivity contribution < 1.29 is 23.9 Å². The van der Waals surface area contributed by atoms with Crippen molar-refractivity contribution in [2.45, 2.75) is 18.9 Å². The molecule has 0 saturated carbocycles. The lowest BCUT2D eigenvalue weighted by Gasteiger charge is -2.31. The first kappa shape index (κ1) is 24.8. The van der Waals surface area contributed by atoms with Gasteiger partial charge in [-0.25, -0.2) is 4.79 Å². The molecule has 0 radical (unpaired) electrons. The zero-order valence-electron chi connectivity index (χ0n) is 20.1. The molecule has 0 aliphatic carbocycles. The summed E-state index contributed by atoms with van der Waals surface area (Å²) in [7, 11) is 1.57. The Hall–Kier alpha value is -4.33. The Labute approximate surface area is 210 Å². The summed E-state index contributed by atoms with van der Waals surface area (Å²) in [5.41, 5.74) is 1.87. The summed E-state index contributed by atoms with van der Waals surface area (Å²) in [6.45, 7) is 0.846. The Morgan fingerprint density at radius 2 is 1.39 bits per heavy atom. The Morgan fingerprint density at radius 3 is 2.00 bits per heavy atom. The summed E-state index contributed by atoms with van der Waals surface area (Å²) in [5.74, 6) is -0.621. The predicted molar refractivity (Wildman–Crippen MR) is 137 cm³/mol. The third kappa shape index (κ3) is 6.41. The van der Waals surface area contributed by atoms with Crippen molar-refractivity contribution in [3.8, 4) is 5.75 Å². The fourth-order valence-corrected chi connectivity index (χ4v) is 4.04. The van der Waals surface area contributed by atoms with E-state index in [0.29, 0.717) is 42.9 Å². The van der Waals surface area contributed by atoms with Gasteiger partial charge in [0.15, 0.2) is 0 Å². The normalized spacial score (nSPS) is 14.4. The predicted octanol–water partition coefficient (Wildman–Crippen LogP) is 4.86. The topological polar surface area (TPSA) is 97.0 Å². The van der Waals surface area contributed by atoms with E-state index < -0.39 is 23.9 Å². The van der Waals surface area contributed by atoms with Crippen molar-refractivity contribution in [3.63, 3.8) is 0 Å². The molecule has 0 unspecified atom stereocenters. The SMILES string of the molecule is COc1ccc(NC(=O)[C@@H](OC(=O)C2CCN(C(=O)Nc3ccccc3)CC2)c2ccccc2)cc1. The zero-order chi connectivity index (χ0) is 25.3. The smallest absolute Gasteiger partial charge is 0.321 e. The van der Waals surface area contributed by atoms with Gasteiger partial charge in [-0.15, -0.1) is 0 Å². The number of esters is 1. The quantitative estimate of drug-likeness (QED) is 0.464. The number of nitrogens with zero attached hydrogens (tertiary/aromatic N) is 1. The first-order valence-electron chi connectivity index (χ1n) is 11.8. The Bertz CT molecular complexity index is 1160. The van der Waals surface area contributed by atoms with Crippen molar-refractivity contribution in [3.05, 3.63) is 90.5 Å².